The van der Waals surface area contributed by atoms with Gasteiger partial charge < -0.3 is 41.4 Å². The molecule has 1 fully saturated rings. The number of nitrogens with zero attached hydrogens (tertiary/aromatic N) is 3. The van der Waals surface area contributed by atoms with Gasteiger partial charge in [0.05, 0.1) is 12.9 Å². The number of ether oxygens (including phenoxy) is 2. The SMILES string of the molecule is CCOc1c(NCCCNc2c(NC[C@H]3O[C@H](n4cnc5c(=O)[nH]c(N)nc54)[C@H](O)[C@@H]3O)c(=O)c2=O)c(=O)c1=O. The molecule has 17 heteroatoms. The lowest BCUT2D eigenvalue weighted by Gasteiger charge is -2.19. The highest BCUT2D eigenvalue weighted by atomic mass is 16.6. The molecule has 4 aromatic rings. The van der Waals surface area contributed by atoms with Crippen molar-refractivity contribution in [2.75, 3.05) is 47.9 Å². The molecule has 0 radical (unpaired) electrons. The van der Waals surface area contributed by atoms with Crippen LogP contribution < -0.4 is 53.7 Å². The Bertz CT molecular complexity index is 1760. The molecule has 212 valence electrons. The van der Waals surface area contributed by atoms with Crippen molar-refractivity contribution < 1.29 is 19.7 Å². The second kappa shape index (κ2) is 10.5. The summed E-state index contributed by atoms with van der Waals surface area (Å²) in [7, 11) is 0. The largest absolute Gasteiger partial charge is 0.488 e. The molecule has 0 spiro atoms. The maximum atomic E-state index is 12.1. The number of rotatable bonds is 12. The molecule has 0 amide bonds. The fourth-order valence-corrected chi connectivity index (χ4v) is 4.52. The molecule has 8 N–H and O–H groups in total. The molecule has 3 heterocycles. The summed E-state index contributed by atoms with van der Waals surface area (Å²) in [6.45, 7) is 2.37. The number of aromatic amines is 1. The first kappa shape index (κ1) is 27.0. The van der Waals surface area contributed by atoms with Gasteiger partial charge in [-0.05, 0) is 13.3 Å². The van der Waals surface area contributed by atoms with Gasteiger partial charge in [-0.2, -0.15) is 4.98 Å². The van der Waals surface area contributed by atoms with Crippen molar-refractivity contribution in [3.05, 3.63) is 57.6 Å². The predicted octanol–water partition coefficient (Wildman–Crippen LogP) is -3.06. The highest BCUT2D eigenvalue weighted by Crippen LogP contribution is 2.31. The molecular formula is C23H26N8O9. The fourth-order valence-electron chi connectivity index (χ4n) is 4.52. The number of nitrogens with one attached hydrogen (secondary N) is 4. The van der Waals surface area contributed by atoms with Gasteiger partial charge >= 0.3 is 0 Å². The van der Waals surface area contributed by atoms with Gasteiger partial charge in [0.25, 0.3) is 27.3 Å². The zero-order valence-electron chi connectivity index (χ0n) is 21.1. The number of anilines is 4. The summed E-state index contributed by atoms with van der Waals surface area (Å²) in [6, 6.07) is 0. The molecule has 1 aliphatic rings. The maximum absolute atomic E-state index is 12.1. The average molecular weight is 559 g/mol. The number of aliphatic hydroxyl groups excluding tert-OH is 2. The summed E-state index contributed by atoms with van der Waals surface area (Å²) in [4.78, 5) is 69.7. The van der Waals surface area contributed by atoms with E-state index in [1.807, 2.05) is 0 Å². The van der Waals surface area contributed by atoms with Crippen LogP contribution in [0.4, 0.5) is 23.0 Å². The summed E-state index contributed by atoms with van der Waals surface area (Å²) >= 11 is 0. The molecule has 4 atom stereocenters. The quantitative estimate of drug-likeness (QED) is 0.0673. The molecule has 5 rings (SSSR count). The Morgan fingerprint density at radius 1 is 1.00 bits per heavy atom. The van der Waals surface area contributed by atoms with E-state index in [0.717, 1.165) is 0 Å². The van der Waals surface area contributed by atoms with Crippen LogP contribution in [0.5, 0.6) is 5.75 Å². The van der Waals surface area contributed by atoms with E-state index in [-0.39, 0.29) is 59.6 Å². The minimum Gasteiger partial charge on any atom is -0.488 e. The Kier molecular flexibility index (Phi) is 7.09. The second-order valence-electron chi connectivity index (χ2n) is 9.11. The van der Waals surface area contributed by atoms with E-state index in [9.17, 15) is 34.2 Å². The van der Waals surface area contributed by atoms with E-state index in [2.05, 4.69) is 30.9 Å². The van der Waals surface area contributed by atoms with Crippen LogP contribution in [0.2, 0.25) is 0 Å². The van der Waals surface area contributed by atoms with Crippen LogP contribution in [0, 0.1) is 0 Å². The summed E-state index contributed by atoms with van der Waals surface area (Å²) < 4.78 is 12.2. The predicted molar refractivity (Wildman–Crippen MR) is 142 cm³/mol. The van der Waals surface area contributed by atoms with Gasteiger partial charge in [0.1, 0.15) is 35.4 Å². The normalized spacial score (nSPS) is 20.9. The maximum Gasteiger partial charge on any atom is 0.280 e. The van der Waals surface area contributed by atoms with Crippen molar-refractivity contribution in [3.8, 4) is 5.75 Å². The number of imidazole rings is 1. The number of aromatic nitrogens is 4. The van der Waals surface area contributed by atoms with Crippen LogP contribution in [0.1, 0.15) is 19.6 Å². The van der Waals surface area contributed by atoms with E-state index in [1.54, 1.807) is 6.92 Å². The summed E-state index contributed by atoms with van der Waals surface area (Å²) in [6.07, 6.45) is -3.33. The lowest BCUT2D eigenvalue weighted by Crippen LogP contribution is -2.41. The number of nitrogens with two attached hydrogens (primary N) is 1. The monoisotopic (exact) mass is 558 g/mol. The van der Waals surface area contributed by atoms with Crippen LogP contribution >= 0.6 is 0 Å². The zero-order valence-corrected chi connectivity index (χ0v) is 21.1. The molecule has 40 heavy (non-hydrogen) atoms. The lowest BCUT2D eigenvalue weighted by molar-refractivity contribution is -0.0312. The lowest BCUT2D eigenvalue weighted by atomic mass is 10.1. The molecule has 0 unspecified atom stereocenters. The van der Waals surface area contributed by atoms with Gasteiger partial charge in [-0.3, -0.25) is 33.5 Å². The van der Waals surface area contributed by atoms with Crippen molar-refractivity contribution in [2.45, 2.75) is 37.9 Å². The van der Waals surface area contributed by atoms with Crippen LogP contribution in [0.15, 0.2) is 30.3 Å². The highest BCUT2D eigenvalue weighted by Gasteiger charge is 2.44. The van der Waals surface area contributed by atoms with Crippen LogP contribution in [0.3, 0.4) is 0 Å². The van der Waals surface area contributed by atoms with Crippen molar-refractivity contribution in [1.29, 1.82) is 0 Å². The van der Waals surface area contributed by atoms with E-state index >= 15 is 0 Å². The topological polar surface area (TPSA) is 253 Å². The van der Waals surface area contributed by atoms with E-state index < -0.39 is 51.8 Å². The van der Waals surface area contributed by atoms with Crippen molar-refractivity contribution >= 4 is 34.2 Å². The van der Waals surface area contributed by atoms with E-state index in [1.165, 1.54) is 10.9 Å². The molecular weight excluding hydrogens is 532 g/mol. The smallest absolute Gasteiger partial charge is 0.280 e. The number of hydrogen-bond donors (Lipinski definition) is 7. The first-order valence-corrected chi connectivity index (χ1v) is 12.4. The molecule has 1 saturated heterocycles. The molecule has 0 bridgehead atoms. The number of nitrogen functional groups attached to an aromatic ring is 1. The average Bonchev–Trinajstić information content (AvgIpc) is 3.48. The standard InChI is InChI=1S/C23H26N8O9/c1-2-39-19-11(16(35)17(19)36)26-5-3-4-25-9-10(15(34)14(9)33)27-6-8-13(32)18(37)22(40-8)31-7-28-12-20(31)29-23(24)30-21(12)38/h7-8,13,18,22,25-27,32,37H,2-6H2,1H3,(H3,24,29,30,38)/t8-,13-,18-,22+/m1/s1. The van der Waals surface area contributed by atoms with Gasteiger partial charge in [-0.1, -0.05) is 0 Å². The summed E-state index contributed by atoms with van der Waals surface area (Å²) in [5.41, 5.74) is 2.42. The van der Waals surface area contributed by atoms with Gasteiger partial charge in [-0.25, -0.2) is 4.98 Å². The summed E-state index contributed by atoms with van der Waals surface area (Å²) in [5, 5.41) is 29.6. The number of aliphatic hydroxyl groups is 2. The Morgan fingerprint density at radius 2 is 1.65 bits per heavy atom. The van der Waals surface area contributed by atoms with E-state index in [0.29, 0.717) is 13.0 Å². The molecule has 2 aromatic heterocycles. The third kappa shape index (κ3) is 4.48. The molecule has 17 nitrogen and oxygen atoms in total. The Labute approximate surface area is 223 Å². The number of fused-ring (bicyclic) bond motifs is 1. The second-order valence-corrected chi connectivity index (χ2v) is 9.11. The van der Waals surface area contributed by atoms with Crippen molar-refractivity contribution in [3.63, 3.8) is 0 Å². The molecule has 1 aliphatic heterocycles. The first-order valence-electron chi connectivity index (χ1n) is 12.4. The fraction of sp³-hybridized carbons (Fsp3) is 0.435. The Hall–Kier alpha value is -4.61. The third-order valence-corrected chi connectivity index (χ3v) is 6.56. The highest BCUT2D eigenvalue weighted by molar-refractivity contribution is 5.74. The summed E-state index contributed by atoms with van der Waals surface area (Å²) in [5.74, 6) is -0.159. The van der Waals surface area contributed by atoms with Crippen LogP contribution in [0.25, 0.3) is 11.2 Å². The molecule has 0 aliphatic carbocycles. The van der Waals surface area contributed by atoms with E-state index in [4.69, 9.17) is 15.2 Å². The van der Waals surface area contributed by atoms with Crippen LogP contribution in [-0.4, -0.2) is 74.3 Å². The van der Waals surface area contributed by atoms with Crippen molar-refractivity contribution in [2.24, 2.45) is 0 Å². The Balaban J connectivity index is 1.17. The van der Waals surface area contributed by atoms with Gasteiger partial charge in [0.15, 0.2) is 23.1 Å². The number of hydrogen-bond acceptors (Lipinski definition) is 15. The minimum absolute atomic E-state index is 0.00172. The molecule has 0 saturated carbocycles. The zero-order chi connectivity index (χ0) is 28.7. The van der Waals surface area contributed by atoms with Gasteiger partial charge in [0, 0.05) is 19.6 Å². The van der Waals surface area contributed by atoms with Gasteiger partial charge in [-0.15, -0.1) is 0 Å². The van der Waals surface area contributed by atoms with Crippen LogP contribution in [-0.2, 0) is 4.74 Å². The Morgan fingerprint density at radius 3 is 2.35 bits per heavy atom. The third-order valence-electron chi connectivity index (χ3n) is 6.56. The van der Waals surface area contributed by atoms with Gasteiger partial charge in [0.2, 0.25) is 5.95 Å². The minimum atomic E-state index is -1.43. The van der Waals surface area contributed by atoms with Crippen molar-refractivity contribution in [1.82, 2.24) is 19.5 Å². The molecule has 2 aromatic carbocycles. The number of H-pyrrole nitrogens is 1. The first-order chi connectivity index (χ1) is 19.1.